The third kappa shape index (κ3) is 9.55. The number of aromatic nitrogens is 1. The van der Waals surface area contributed by atoms with E-state index >= 15 is 4.39 Å². The number of alkyl halides is 3. The zero-order chi connectivity index (χ0) is 36.1. The Kier molecular flexibility index (Phi) is 12.8. The van der Waals surface area contributed by atoms with Crippen molar-refractivity contribution in [3.8, 4) is 11.1 Å². The van der Waals surface area contributed by atoms with Crippen molar-refractivity contribution < 1.29 is 31.9 Å². The minimum atomic E-state index is -4.77. The molecular formula is C37H47F4N3O4. The van der Waals surface area contributed by atoms with Gasteiger partial charge in [-0.2, -0.15) is 13.2 Å². The molecule has 3 rings (SSSR count). The molecule has 2 unspecified atom stereocenters. The van der Waals surface area contributed by atoms with Crippen LogP contribution in [0.3, 0.4) is 0 Å². The van der Waals surface area contributed by atoms with Gasteiger partial charge in [-0.1, -0.05) is 31.5 Å². The van der Waals surface area contributed by atoms with Crippen molar-refractivity contribution in [1.82, 2.24) is 14.8 Å². The van der Waals surface area contributed by atoms with Gasteiger partial charge in [0.25, 0.3) is 5.56 Å². The first-order valence-electron chi connectivity index (χ1n) is 16.1. The molecule has 2 atom stereocenters. The van der Waals surface area contributed by atoms with Crippen LogP contribution in [0.1, 0.15) is 84.6 Å². The topological polar surface area (TPSA) is 80.6 Å². The van der Waals surface area contributed by atoms with Gasteiger partial charge in [-0.25, -0.2) is 4.39 Å². The number of carbonyl (C=O) groups excluding carboxylic acids is 2. The number of esters is 1. The molecule has 0 bridgehead atoms. The smallest absolute Gasteiger partial charge is 0.416 e. The van der Waals surface area contributed by atoms with Gasteiger partial charge in [0.2, 0.25) is 5.91 Å². The predicted molar refractivity (Wildman–Crippen MR) is 179 cm³/mol. The van der Waals surface area contributed by atoms with E-state index in [2.05, 4.69) is 5.32 Å². The number of halogens is 4. The van der Waals surface area contributed by atoms with E-state index in [0.29, 0.717) is 17.2 Å². The second-order valence-corrected chi connectivity index (χ2v) is 13.2. The molecule has 0 aliphatic carbocycles. The summed E-state index contributed by atoms with van der Waals surface area (Å²) in [5.74, 6) is -2.18. The summed E-state index contributed by atoms with van der Waals surface area (Å²) < 4.78 is 64.1. The van der Waals surface area contributed by atoms with E-state index in [1.807, 2.05) is 46.8 Å². The summed E-state index contributed by atoms with van der Waals surface area (Å²) >= 11 is 0. The van der Waals surface area contributed by atoms with Crippen molar-refractivity contribution in [1.29, 1.82) is 0 Å². The Morgan fingerprint density at radius 3 is 2.15 bits per heavy atom. The van der Waals surface area contributed by atoms with Crippen molar-refractivity contribution in [3.05, 3.63) is 91.6 Å². The van der Waals surface area contributed by atoms with Crippen LogP contribution in [0.2, 0.25) is 0 Å². The van der Waals surface area contributed by atoms with Crippen LogP contribution >= 0.6 is 0 Å². The average molecular weight is 674 g/mol. The molecule has 1 aromatic heterocycles. The minimum Gasteiger partial charge on any atom is -0.466 e. The highest BCUT2D eigenvalue weighted by Gasteiger charge is 2.36. The summed E-state index contributed by atoms with van der Waals surface area (Å²) in [7, 11) is 3.44. The standard InChI is InChI=1S/C37H47F4N3O4/c1-10-48-33(46)19-30(28-17-27(16-25(7)35(28)38)34-23(5)14-22(4)15-24(34)6)42-36(47)31(13-21(2)3)44-20-26(11-12-43(8)9)29(18-32(44)45)37(39,40)41/h14-18,20-21,30-31H,10-13,19H2,1-9H3,(H,42,47). The number of rotatable bonds is 13. The second kappa shape index (κ2) is 15.9. The molecule has 1 heterocycles. The number of ether oxygens (including phenoxy) is 1. The third-order valence-electron chi connectivity index (χ3n) is 8.25. The quantitative estimate of drug-likeness (QED) is 0.151. The van der Waals surface area contributed by atoms with Crippen LogP contribution < -0.4 is 10.9 Å². The first-order valence-corrected chi connectivity index (χ1v) is 16.1. The van der Waals surface area contributed by atoms with E-state index in [9.17, 15) is 27.6 Å². The maximum atomic E-state index is 16.0. The van der Waals surface area contributed by atoms with Gasteiger partial charge in [-0.05, 0) is 113 Å². The summed E-state index contributed by atoms with van der Waals surface area (Å²) in [6.07, 6.45) is -3.99. The highest BCUT2D eigenvalue weighted by atomic mass is 19.4. The fourth-order valence-corrected chi connectivity index (χ4v) is 6.16. The molecule has 0 aliphatic heterocycles. The fraction of sp³-hybridized carbons (Fsp3) is 0.486. The number of amides is 1. The van der Waals surface area contributed by atoms with E-state index in [0.717, 1.165) is 33.0 Å². The van der Waals surface area contributed by atoms with Gasteiger partial charge in [-0.3, -0.25) is 14.4 Å². The molecule has 0 radical (unpaired) electrons. The number of nitrogens with one attached hydrogen (secondary N) is 1. The Balaban J connectivity index is 2.18. The molecule has 1 N–H and O–H groups in total. The number of likely N-dealkylation sites (N-methyl/N-ethyl adjacent to an activating group) is 1. The maximum absolute atomic E-state index is 16.0. The molecule has 48 heavy (non-hydrogen) atoms. The highest BCUT2D eigenvalue weighted by Crippen LogP contribution is 2.35. The summed E-state index contributed by atoms with van der Waals surface area (Å²) in [5, 5.41) is 2.78. The van der Waals surface area contributed by atoms with Gasteiger partial charge in [0.15, 0.2) is 0 Å². The lowest BCUT2D eigenvalue weighted by atomic mass is 9.89. The predicted octanol–water partition coefficient (Wildman–Crippen LogP) is 7.41. The molecular weight excluding hydrogens is 626 g/mol. The van der Waals surface area contributed by atoms with E-state index in [1.54, 1.807) is 45.0 Å². The fourth-order valence-electron chi connectivity index (χ4n) is 6.16. The first-order chi connectivity index (χ1) is 22.3. The van der Waals surface area contributed by atoms with Gasteiger partial charge in [0, 0.05) is 24.4 Å². The zero-order valence-corrected chi connectivity index (χ0v) is 29.3. The SMILES string of the molecule is CCOC(=O)CC(NC(=O)C(CC(C)C)n1cc(CCN(C)C)c(C(F)(F)F)cc1=O)c1cc(-c2c(C)cc(C)cc2C)cc(C)c1F. The number of benzene rings is 2. The normalized spacial score (nSPS) is 13.1. The van der Waals surface area contributed by atoms with Crippen LogP contribution in [0.25, 0.3) is 11.1 Å². The van der Waals surface area contributed by atoms with Crippen LogP contribution in [0.15, 0.2) is 41.3 Å². The molecule has 0 fully saturated rings. The Bertz CT molecular complexity index is 1670. The van der Waals surface area contributed by atoms with E-state index in [4.69, 9.17) is 4.74 Å². The van der Waals surface area contributed by atoms with Crippen LogP contribution in [-0.4, -0.2) is 48.6 Å². The second-order valence-electron chi connectivity index (χ2n) is 13.2. The van der Waals surface area contributed by atoms with Gasteiger partial charge < -0.3 is 19.5 Å². The van der Waals surface area contributed by atoms with Crippen molar-refractivity contribution in [2.45, 2.75) is 86.0 Å². The zero-order valence-electron chi connectivity index (χ0n) is 29.3. The molecule has 262 valence electrons. The Morgan fingerprint density at radius 1 is 0.979 bits per heavy atom. The van der Waals surface area contributed by atoms with Crippen LogP contribution in [0, 0.1) is 39.4 Å². The summed E-state index contributed by atoms with van der Waals surface area (Å²) in [4.78, 5) is 41.9. The number of carbonyl (C=O) groups is 2. The molecule has 0 aliphatic rings. The molecule has 7 nitrogen and oxygen atoms in total. The maximum Gasteiger partial charge on any atom is 0.416 e. The molecule has 1 amide bonds. The van der Waals surface area contributed by atoms with Crippen molar-refractivity contribution in [2.75, 3.05) is 27.2 Å². The molecule has 0 saturated heterocycles. The Hall–Kier alpha value is -3.99. The van der Waals surface area contributed by atoms with Crippen LogP contribution in [-0.2, 0) is 26.9 Å². The average Bonchev–Trinajstić information content (AvgIpc) is 2.95. The summed E-state index contributed by atoms with van der Waals surface area (Å²) in [6.45, 7) is 13.1. The third-order valence-corrected chi connectivity index (χ3v) is 8.25. The van der Waals surface area contributed by atoms with Gasteiger partial charge in [0.05, 0.1) is 24.6 Å². The van der Waals surface area contributed by atoms with E-state index < -0.39 is 53.5 Å². The molecule has 2 aromatic carbocycles. The number of aryl methyl sites for hydroxylation is 4. The minimum absolute atomic E-state index is 0.0151. The molecule has 3 aromatic rings. The first kappa shape index (κ1) is 38.5. The molecule has 11 heteroatoms. The van der Waals surface area contributed by atoms with Crippen molar-refractivity contribution >= 4 is 11.9 Å². The number of nitrogens with zero attached hydrogens (tertiary/aromatic N) is 2. The van der Waals surface area contributed by atoms with E-state index in [1.165, 1.54) is 0 Å². The van der Waals surface area contributed by atoms with E-state index in [-0.39, 0.29) is 43.0 Å². The summed E-state index contributed by atoms with van der Waals surface area (Å²) in [6, 6.07) is 5.45. The Morgan fingerprint density at radius 2 is 1.60 bits per heavy atom. The largest absolute Gasteiger partial charge is 0.466 e. The lowest BCUT2D eigenvalue weighted by Gasteiger charge is -2.27. The lowest BCUT2D eigenvalue weighted by Crippen LogP contribution is -2.41. The molecule has 0 saturated carbocycles. The van der Waals surface area contributed by atoms with Crippen LogP contribution in [0.5, 0.6) is 0 Å². The lowest BCUT2D eigenvalue weighted by molar-refractivity contribution is -0.144. The van der Waals surface area contributed by atoms with Gasteiger partial charge in [-0.15, -0.1) is 0 Å². The van der Waals surface area contributed by atoms with Gasteiger partial charge >= 0.3 is 12.1 Å². The van der Waals surface area contributed by atoms with Crippen LogP contribution in [0.4, 0.5) is 17.6 Å². The van der Waals surface area contributed by atoms with Crippen molar-refractivity contribution in [2.24, 2.45) is 5.92 Å². The molecule has 0 spiro atoms. The summed E-state index contributed by atoms with van der Waals surface area (Å²) in [5.41, 5.74) is 2.79. The van der Waals surface area contributed by atoms with Gasteiger partial charge in [0.1, 0.15) is 11.9 Å². The van der Waals surface area contributed by atoms with Crippen molar-refractivity contribution in [3.63, 3.8) is 0 Å². The monoisotopic (exact) mass is 673 g/mol. The number of hydrogen-bond donors (Lipinski definition) is 1. The number of hydrogen-bond acceptors (Lipinski definition) is 5. The number of pyridine rings is 1. The Labute approximate surface area is 280 Å². The highest BCUT2D eigenvalue weighted by molar-refractivity contribution is 5.82.